The molecule has 1 aliphatic carbocycles. The molecular weight excluding hydrogens is 422 g/mol. The topological polar surface area (TPSA) is 66.5 Å². The van der Waals surface area contributed by atoms with Crippen LogP contribution in [0.25, 0.3) is 11.1 Å². The van der Waals surface area contributed by atoms with Gasteiger partial charge in [0.05, 0.1) is 12.3 Å². The Hall–Kier alpha value is -2.32. The molecule has 1 saturated carbocycles. The van der Waals surface area contributed by atoms with Crippen molar-refractivity contribution in [2.45, 2.75) is 44.2 Å². The van der Waals surface area contributed by atoms with E-state index in [1.54, 1.807) is 12.1 Å². The van der Waals surface area contributed by atoms with E-state index < -0.39 is 21.7 Å². The van der Waals surface area contributed by atoms with Gasteiger partial charge >= 0.3 is 0 Å². The quantitative estimate of drug-likeness (QED) is 0.736. The molecule has 5 nitrogen and oxygen atoms in total. The first-order valence-corrected chi connectivity index (χ1v) is 12.4. The summed E-state index contributed by atoms with van der Waals surface area (Å²) >= 11 is 0. The van der Waals surface area contributed by atoms with Crippen LogP contribution in [0.15, 0.2) is 42.5 Å². The predicted octanol–water partition coefficient (Wildman–Crippen LogP) is 3.49. The van der Waals surface area contributed by atoms with Gasteiger partial charge < -0.3 is 4.90 Å². The highest BCUT2D eigenvalue weighted by Gasteiger charge is 2.41. The molecule has 0 spiro atoms. The molecule has 1 N–H and O–H groups in total. The maximum absolute atomic E-state index is 13.7. The molecule has 0 bridgehead atoms. The number of rotatable bonds is 6. The Kier molecular flexibility index (Phi) is 6.12. The lowest BCUT2D eigenvalue weighted by molar-refractivity contribution is -0.139. The van der Waals surface area contributed by atoms with Gasteiger partial charge in [0.1, 0.15) is 11.6 Å². The molecule has 1 heterocycles. The smallest absolute Gasteiger partial charge is 0.225 e. The summed E-state index contributed by atoms with van der Waals surface area (Å²) in [6, 6.07) is 10.0. The number of benzene rings is 2. The van der Waals surface area contributed by atoms with Gasteiger partial charge in [-0.2, -0.15) is 0 Å². The molecule has 0 unspecified atom stereocenters. The van der Waals surface area contributed by atoms with E-state index in [1.165, 1.54) is 12.1 Å². The fourth-order valence-corrected chi connectivity index (χ4v) is 5.35. The minimum Gasteiger partial charge on any atom is -0.337 e. The van der Waals surface area contributed by atoms with E-state index >= 15 is 0 Å². The van der Waals surface area contributed by atoms with Crippen molar-refractivity contribution in [3.63, 3.8) is 0 Å². The van der Waals surface area contributed by atoms with E-state index in [1.807, 2.05) is 17.0 Å². The standard InChI is InChI=1S/C23H26F2N2O3S/c1-31(29,30)26-21-8-9-27(23(28)16-5-3-6-16)22(21)11-15-4-2-7-17(10-15)18-12-19(24)14-20(25)13-18/h2,4,7,10,12-14,16,21-22,26H,3,5-6,8-9,11H2,1H3/t21-,22-/m0/s1. The number of amides is 1. The Labute approximate surface area is 181 Å². The summed E-state index contributed by atoms with van der Waals surface area (Å²) in [5.41, 5.74) is 1.97. The molecule has 2 aliphatic rings. The van der Waals surface area contributed by atoms with Crippen LogP contribution in [-0.4, -0.2) is 44.1 Å². The lowest BCUT2D eigenvalue weighted by atomic mass is 9.84. The molecule has 1 amide bonds. The third kappa shape index (κ3) is 5.13. The summed E-state index contributed by atoms with van der Waals surface area (Å²) in [5.74, 6) is -1.17. The van der Waals surface area contributed by atoms with Gasteiger partial charge in [-0.3, -0.25) is 4.79 Å². The first kappa shape index (κ1) is 21.9. The molecule has 0 aromatic heterocycles. The van der Waals surface area contributed by atoms with Crippen molar-refractivity contribution in [1.29, 1.82) is 0 Å². The minimum atomic E-state index is -3.43. The summed E-state index contributed by atoms with van der Waals surface area (Å²) in [5, 5.41) is 0. The predicted molar refractivity (Wildman–Crippen MR) is 115 cm³/mol. The number of carbonyl (C=O) groups is 1. The van der Waals surface area contributed by atoms with Crippen LogP contribution < -0.4 is 4.72 Å². The summed E-state index contributed by atoms with van der Waals surface area (Å²) in [4.78, 5) is 14.8. The second kappa shape index (κ2) is 8.67. The zero-order chi connectivity index (χ0) is 22.2. The van der Waals surface area contributed by atoms with Crippen LogP contribution in [0.3, 0.4) is 0 Å². The molecule has 8 heteroatoms. The Morgan fingerprint density at radius 1 is 1.06 bits per heavy atom. The van der Waals surface area contributed by atoms with Crippen molar-refractivity contribution in [2.24, 2.45) is 5.92 Å². The highest BCUT2D eigenvalue weighted by molar-refractivity contribution is 7.88. The molecular formula is C23H26F2N2O3S. The van der Waals surface area contributed by atoms with Gasteiger partial charge in [0, 0.05) is 24.6 Å². The minimum absolute atomic E-state index is 0.0288. The van der Waals surface area contributed by atoms with E-state index in [-0.39, 0.29) is 23.9 Å². The molecule has 31 heavy (non-hydrogen) atoms. The second-order valence-electron chi connectivity index (χ2n) is 8.57. The summed E-state index contributed by atoms with van der Waals surface area (Å²) < 4.78 is 53.8. The summed E-state index contributed by atoms with van der Waals surface area (Å²) in [7, 11) is -3.43. The van der Waals surface area contributed by atoms with Crippen molar-refractivity contribution in [3.8, 4) is 11.1 Å². The van der Waals surface area contributed by atoms with E-state index in [0.717, 1.165) is 37.1 Å². The van der Waals surface area contributed by atoms with E-state index in [4.69, 9.17) is 0 Å². The number of nitrogens with zero attached hydrogens (tertiary/aromatic N) is 1. The number of halogens is 2. The summed E-state index contributed by atoms with van der Waals surface area (Å²) in [6.45, 7) is 0.516. The zero-order valence-electron chi connectivity index (χ0n) is 17.4. The van der Waals surface area contributed by atoms with Gasteiger partial charge in [-0.25, -0.2) is 21.9 Å². The van der Waals surface area contributed by atoms with E-state index in [2.05, 4.69) is 4.72 Å². The third-order valence-corrected chi connectivity index (χ3v) is 6.95. The van der Waals surface area contributed by atoms with Crippen molar-refractivity contribution in [1.82, 2.24) is 9.62 Å². The highest BCUT2D eigenvalue weighted by atomic mass is 32.2. The number of nitrogens with one attached hydrogen (secondary N) is 1. The van der Waals surface area contributed by atoms with Crippen LogP contribution in [-0.2, 0) is 21.2 Å². The van der Waals surface area contributed by atoms with Crippen LogP contribution in [0.1, 0.15) is 31.2 Å². The molecule has 1 aliphatic heterocycles. The number of hydrogen-bond acceptors (Lipinski definition) is 3. The fraction of sp³-hybridized carbons (Fsp3) is 0.435. The first-order valence-electron chi connectivity index (χ1n) is 10.5. The van der Waals surface area contributed by atoms with Gasteiger partial charge in [-0.05, 0) is 54.5 Å². The van der Waals surface area contributed by atoms with Crippen molar-refractivity contribution >= 4 is 15.9 Å². The second-order valence-corrected chi connectivity index (χ2v) is 10.4. The first-order chi connectivity index (χ1) is 14.7. The average molecular weight is 449 g/mol. The Balaban J connectivity index is 1.61. The third-order valence-electron chi connectivity index (χ3n) is 6.22. The zero-order valence-corrected chi connectivity index (χ0v) is 18.2. The molecule has 2 aromatic rings. The highest BCUT2D eigenvalue weighted by Crippen LogP contribution is 2.33. The van der Waals surface area contributed by atoms with Crippen molar-refractivity contribution < 1.29 is 22.0 Å². The van der Waals surface area contributed by atoms with Gasteiger partial charge in [0.2, 0.25) is 15.9 Å². The number of hydrogen-bond donors (Lipinski definition) is 1. The molecule has 1 saturated heterocycles. The van der Waals surface area contributed by atoms with Gasteiger partial charge in [0.15, 0.2) is 0 Å². The van der Waals surface area contributed by atoms with E-state index in [9.17, 15) is 22.0 Å². The SMILES string of the molecule is CS(=O)(=O)N[C@H]1CCN(C(=O)C2CCC2)[C@H]1Cc1cccc(-c2cc(F)cc(F)c2)c1. The van der Waals surface area contributed by atoms with Crippen LogP contribution in [0, 0.1) is 17.6 Å². The van der Waals surface area contributed by atoms with E-state index in [0.29, 0.717) is 30.5 Å². The van der Waals surface area contributed by atoms with Gasteiger partial charge in [-0.1, -0.05) is 30.7 Å². The molecule has 0 radical (unpaired) electrons. The molecule has 2 fully saturated rings. The molecule has 4 rings (SSSR count). The largest absolute Gasteiger partial charge is 0.337 e. The number of carbonyl (C=O) groups excluding carboxylic acids is 1. The van der Waals surface area contributed by atoms with Crippen LogP contribution >= 0.6 is 0 Å². The van der Waals surface area contributed by atoms with Crippen molar-refractivity contribution in [2.75, 3.05) is 12.8 Å². The van der Waals surface area contributed by atoms with Gasteiger partial charge in [-0.15, -0.1) is 0 Å². The Morgan fingerprint density at radius 2 is 1.77 bits per heavy atom. The fourth-order valence-electron chi connectivity index (χ4n) is 4.52. The van der Waals surface area contributed by atoms with Crippen LogP contribution in [0.4, 0.5) is 8.78 Å². The normalized spacial score (nSPS) is 21.8. The van der Waals surface area contributed by atoms with Crippen LogP contribution in [0.5, 0.6) is 0 Å². The molecule has 2 aromatic carbocycles. The summed E-state index contributed by atoms with van der Waals surface area (Å²) in [6.07, 6.45) is 4.95. The number of sulfonamides is 1. The van der Waals surface area contributed by atoms with Gasteiger partial charge in [0.25, 0.3) is 0 Å². The maximum Gasteiger partial charge on any atom is 0.225 e. The number of likely N-dealkylation sites (tertiary alicyclic amines) is 1. The Bertz CT molecular complexity index is 1070. The monoisotopic (exact) mass is 448 g/mol. The Morgan fingerprint density at radius 3 is 2.39 bits per heavy atom. The maximum atomic E-state index is 13.7. The lowest BCUT2D eigenvalue weighted by Gasteiger charge is -2.34. The van der Waals surface area contributed by atoms with Crippen molar-refractivity contribution in [3.05, 3.63) is 59.7 Å². The molecule has 2 atom stereocenters. The molecule has 166 valence electrons. The lowest BCUT2D eigenvalue weighted by Crippen LogP contribution is -2.49. The van der Waals surface area contributed by atoms with Crippen LogP contribution in [0.2, 0.25) is 0 Å². The average Bonchev–Trinajstić information content (AvgIpc) is 3.00.